The van der Waals surface area contributed by atoms with Gasteiger partial charge in [0, 0.05) is 12.5 Å². The Labute approximate surface area is 117 Å². The highest BCUT2D eigenvalue weighted by molar-refractivity contribution is 4.93. The van der Waals surface area contributed by atoms with E-state index in [4.69, 9.17) is 4.42 Å². The molecule has 1 aliphatic carbocycles. The first-order valence-electron chi connectivity index (χ1n) is 7.84. The van der Waals surface area contributed by atoms with Crippen LogP contribution in [0.4, 0.5) is 0 Å². The molecule has 0 amide bonds. The topological polar surface area (TPSA) is 38.1 Å². The van der Waals surface area contributed by atoms with Crippen molar-refractivity contribution in [2.75, 3.05) is 0 Å². The van der Waals surface area contributed by atoms with E-state index in [9.17, 15) is 0 Å². The monoisotopic (exact) mass is 264 g/mol. The van der Waals surface area contributed by atoms with Crippen LogP contribution >= 0.6 is 0 Å². The number of hydrogen-bond donors (Lipinski definition) is 1. The molecule has 0 aliphatic heterocycles. The van der Waals surface area contributed by atoms with E-state index in [0.29, 0.717) is 6.04 Å². The maximum atomic E-state index is 5.64. The number of oxazole rings is 1. The maximum Gasteiger partial charge on any atom is 0.208 e. The highest BCUT2D eigenvalue weighted by Gasteiger charge is 2.22. The highest BCUT2D eigenvalue weighted by atomic mass is 16.4. The molecule has 1 saturated carbocycles. The van der Waals surface area contributed by atoms with Gasteiger partial charge in [-0.15, -0.1) is 0 Å². The van der Waals surface area contributed by atoms with Gasteiger partial charge in [-0.25, -0.2) is 4.98 Å². The Hall–Kier alpha value is -0.830. The largest absolute Gasteiger partial charge is 0.444 e. The van der Waals surface area contributed by atoms with E-state index >= 15 is 0 Å². The van der Waals surface area contributed by atoms with Gasteiger partial charge in [-0.3, -0.25) is 0 Å². The summed E-state index contributed by atoms with van der Waals surface area (Å²) in [5, 5.41) is 3.62. The van der Waals surface area contributed by atoms with Crippen molar-refractivity contribution in [1.29, 1.82) is 0 Å². The third-order valence-corrected chi connectivity index (χ3v) is 4.08. The summed E-state index contributed by atoms with van der Waals surface area (Å²) in [6, 6.07) is 0.648. The maximum absolute atomic E-state index is 5.64. The van der Waals surface area contributed by atoms with E-state index in [1.807, 2.05) is 6.20 Å². The second-order valence-corrected chi connectivity index (χ2v) is 6.31. The molecule has 2 unspecified atom stereocenters. The molecule has 1 fully saturated rings. The Kier molecular flexibility index (Phi) is 5.44. The van der Waals surface area contributed by atoms with Gasteiger partial charge in [0.1, 0.15) is 5.76 Å². The molecular formula is C16H28N2O. The predicted molar refractivity (Wildman–Crippen MR) is 77.9 cm³/mol. The predicted octanol–water partition coefficient (Wildman–Crippen LogP) is 3.93. The first-order valence-corrected chi connectivity index (χ1v) is 7.84. The second-order valence-electron chi connectivity index (χ2n) is 6.31. The Bertz CT molecular complexity index is 373. The average Bonchev–Trinajstić information content (AvgIpc) is 2.84. The third kappa shape index (κ3) is 4.64. The molecule has 1 aromatic rings. The fourth-order valence-electron chi connectivity index (χ4n) is 3.18. The van der Waals surface area contributed by atoms with Gasteiger partial charge in [0.25, 0.3) is 0 Å². The first kappa shape index (κ1) is 14.6. The van der Waals surface area contributed by atoms with Crippen LogP contribution in [0.3, 0.4) is 0 Å². The lowest BCUT2D eigenvalue weighted by Crippen LogP contribution is -2.34. The molecule has 0 saturated heterocycles. The summed E-state index contributed by atoms with van der Waals surface area (Å²) in [6.07, 6.45) is 9.54. The van der Waals surface area contributed by atoms with E-state index < -0.39 is 0 Å². The smallest absolute Gasteiger partial charge is 0.208 e. The van der Waals surface area contributed by atoms with Gasteiger partial charge in [-0.1, -0.05) is 33.6 Å². The van der Waals surface area contributed by atoms with Crippen molar-refractivity contribution in [1.82, 2.24) is 10.3 Å². The number of aromatic nitrogens is 1. The van der Waals surface area contributed by atoms with Crippen molar-refractivity contribution in [2.45, 2.75) is 71.9 Å². The van der Waals surface area contributed by atoms with Crippen LogP contribution in [0.25, 0.3) is 0 Å². The van der Waals surface area contributed by atoms with E-state index in [1.165, 1.54) is 32.1 Å². The molecule has 3 nitrogen and oxygen atoms in total. The summed E-state index contributed by atoms with van der Waals surface area (Å²) in [5.74, 6) is 3.55. The molecule has 19 heavy (non-hydrogen) atoms. The van der Waals surface area contributed by atoms with Gasteiger partial charge in [0.2, 0.25) is 5.89 Å². The molecule has 1 aromatic heterocycles. The van der Waals surface area contributed by atoms with Crippen LogP contribution in [0.1, 0.15) is 64.5 Å². The molecular weight excluding hydrogens is 236 g/mol. The number of nitrogens with zero attached hydrogens (tertiary/aromatic N) is 1. The van der Waals surface area contributed by atoms with Crippen molar-refractivity contribution in [3.8, 4) is 0 Å². The fourth-order valence-corrected chi connectivity index (χ4v) is 3.18. The number of nitrogens with one attached hydrogen (secondary N) is 1. The number of aryl methyl sites for hydroxylation is 1. The van der Waals surface area contributed by atoms with E-state index in [1.54, 1.807) is 0 Å². The van der Waals surface area contributed by atoms with Crippen LogP contribution < -0.4 is 5.32 Å². The van der Waals surface area contributed by atoms with Crippen LogP contribution in [0.2, 0.25) is 0 Å². The van der Waals surface area contributed by atoms with Gasteiger partial charge in [0.15, 0.2) is 0 Å². The lowest BCUT2D eigenvalue weighted by molar-refractivity contribution is 0.247. The normalized spacial score (nSPS) is 24.0. The summed E-state index contributed by atoms with van der Waals surface area (Å²) < 4.78 is 5.64. The molecule has 1 heterocycles. The highest BCUT2D eigenvalue weighted by Crippen LogP contribution is 2.29. The van der Waals surface area contributed by atoms with Gasteiger partial charge in [-0.2, -0.15) is 0 Å². The summed E-state index contributed by atoms with van der Waals surface area (Å²) >= 11 is 0. The minimum absolute atomic E-state index is 0.648. The molecule has 0 radical (unpaired) electrons. The van der Waals surface area contributed by atoms with Crippen LogP contribution in [0.15, 0.2) is 10.6 Å². The molecule has 3 heteroatoms. The zero-order valence-electron chi connectivity index (χ0n) is 12.6. The second kappa shape index (κ2) is 7.09. The number of rotatable bonds is 6. The SMILES string of the molecule is CCc1cnc(CNC2CCCC(CC(C)C)C2)o1. The van der Waals surface area contributed by atoms with Crippen molar-refractivity contribution in [3.63, 3.8) is 0 Å². The van der Waals surface area contributed by atoms with Crippen LogP contribution in [-0.4, -0.2) is 11.0 Å². The average molecular weight is 264 g/mol. The molecule has 2 atom stereocenters. The van der Waals surface area contributed by atoms with Crippen molar-refractivity contribution in [2.24, 2.45) is 11.8 Å². The van der Waals surface area contributed by atoms with Crippen LogP contribution in [-0.2, 0) is 13.0 Å². The summed E-state index contributed by atoms with van der Waals surface area (Å²) in [6.45, 7) is 7.53. The van der Waals surface area contributed by atoms with Crippen LogP contribution in [0, 0.1) is 11.8 Å². The fraction of sp³-hybridized carbons (Fsp3) is 0.812. The summed E-state index contributed by atoms with van der Waals surface area (Å²) in [4.78, 5) is 4.31. The van der Waals surface area contributed by atoms with Crippen molar-refractivity contribution < 1.29 is 4.42 Å². The summed E-state index contributed by atoms with van der Waals surface area (Å²) in [7, 11) is 0. The van der Waals surface area contributed by atoms with Crippen molar-refractivity contribution in [3.05, 3.63) is 17.8 Å². The minimum atomic E-state index is 0.648. The molecule has 0 aromatic carbocycles. The zero-order chi connectivity index (χ0) is 13.7. The molecule has 1 aliphatic rings. The Morgan fingerprint density at radius 3 is 2.95 bits per heavy atom. The van der Waals surface area contributed by atoms with E-state index in [-0.39, 0.29) is 0 Å². The van der Waals surface area contributed by atoms with E-state index in [0.717, 1.165) is 36.5 Å². The lowest BCUT2D eigenvalue weighted by atomic mass is 9.81. The van der Waals surface area contributed by atoms with Crippen molar-refractivity contribution >= 4 is 0 Å². The Morgan fingerprint density at radius 1 is 1.42 bits per heavy atom. The Morgan fingerprint density at radius 2 is 2.26 bits per heavy atom. The van der Waals surface area contributed by atoms with Gasteiger partial charge in [0.05, 0.1) is 12.7 Å². The minimum Gasteiger partial charge on any atom is -0.444 e. The van der Waals surface area contributed by atoms with Gasteiger partial charge in [-0.05, 0) is 31.1 Å². The number of hydrogen-bond acceptors (Lipinski definition) is 3. The lowest BCUT2D eigenvalue weighted by Gasteiger charge is -2.30. The molecule has 2 rings (SSSR count). The van der Waals surface area contributed by atoms with E-state index in [2.05, 4.69) is 31.1 Å². The Balaban J connectivity index is 1.75. The summed E-state index contributed by atoms with van der Waals surface area (Å²) in [5.41, 5.74) is 0. The quantitative estimate of drug-likeness (QED) is 0.846. The standard InChI is InChI=1S/C16H28N2O/c1-4-15-10-18-16(19-15)11-17-14-7-5-6-13(9-14)8-12(2)3/h10,12-14,17H,4-9,11H2,1-3H3. The molecule has 108 valence electrons. The molecule has 0 spiro atoms. The molecule has 1 N–H and O–H groups in total. The van der Waals surface area contributed by atoms with Gasteiger partial charge < -0.3 is 9.73 Å². The first-order chi connectivity index (χ1) is 9.17. The van der Waals surface area contributed by atoms with Gasteiger partial charge >= 0.3 is 0 Å². The third-order valence-electron chi connectivity index (χ3n) is 4.08. The molecule has 0 bridgehead atoms. The zero-order valence-corrected chi connectivity index (χ0v) is 12.6. The van der Waals surface area contributed by atoms with Crippen LogP contribution in [0.5, 0.6) is 0 Å².